The molecule has 1 N–H and O–H groups in total. The summed E-state index contributed by atoms with van der Waals surface area (Å²) in [5, 5.41) is 10.0. The van der Waals surface area contributed by atoms with Crippen molar-refractivity contribution >= 4 is 0 Å². The lowest BCUT2D eigenvalue weighted by Crippen LogP contribution is -2.06. The number of pyridine rings is 2. The van der Waals surface area contributed by atoms with Crippen molar-refractivity contribution in [2.24, 2.45) is 0 Å². The highest BCUT2D eigenvalue weighted by Crippen LogP contribution is 2.23. The highest BCUT2D eigenvalue weighted by molar-refractivity contribution is 5.29. The molecule has 0 aromatic carbocycles. The molecule has 3 nitrogen and oxygen atoms in total. The van der Waals surface area contributed by atoms with E-state index in [0.29, 0.717) is 5.69 Å². The van der Waals surface area contributed by atoms with Crippen molar-refractivity contribution in [3.8, 4) is 0 Å². The van der Waals surface area contributed by atoms with E-state index in [1.807, 2.05) is 13.0 Å². The molecule has 0 spiro atoms. The van der Waals surface area contributed by atoms with Gasteiger partial charge >= 0.3 is 0 Å². The quantitative estimate of drug-likeness (QED) is 0.838. The smallest absolute Gasteiger partial charge is 0.147 e. The Morgan fingerprint density at radius 3 is 2.81 bits per heavy atom. The fourth-order valence-electron chi connectivity index (χ4n) is 1.54. The Morgan fingerprint density at radius 2 is 2.12 bits per heavy atom. The van der Waals surface area contributed by atoms with E-state index in [9.17, 15) is 9.50 Å². The molecule has 0 saturated carbocycles. The third-order valence-electron chi connectivity index (χ3n) is 2.41. The van der Waals surface area contributed by atoms with Crippen LogP contribution in [0.4, 0.5) is 4.39 Å². The average Bonchev–Trinajstić information content (AvgIpc) is 2.29. The SMILES string of the molecule is Cc1cccnc1C(O)c1ccncc1F. The molecule has 0 aliphatic carbocycles. The predicted octanol–water partition coefficient (Wildman–Crippen LogP) is 2.01. The molecule has 0 radical (unpaired) electrons. The first kappa shape index (κ1) is 10.7. The summed E-state index contributed by atoms with van der Waals surface area (Å²) in [4.78, 5) is 7.70. The number of hydrogen-bond donors (Lipinski definition) is 1. The monoisotopic (exact) mass is 218 g/mol. The Hall–Kier alpha value is -1.81. The first-order chi connectivity index (χ1) is 7.70. The molecule has 16 heavy (non-hydrogen) atoms. The van der Waals surface area contributed by atoms with Crippen molar-refractivity contribution in [1.29, 1.82) is 0 Å². The summed E-state index contributed by atoms with van der Waals surface area (Å²) in [5.41, 5.74) is 1.48. The maximum absolute atomic E-state index is 13.4. The third kappa shape index (κ3) is 1.92. The van der Waals surface area contributed by atoms with E-state index < -0.39 is 11.9 Å². The largest absolute Gasteiger partial charge is 0.382 e. The maximum atomic E-state index is 13.4. The fourth-order valence-corrected chi connectivity index (χ4v) is 1.54. The number of aromatic nitrogens is 2. The van der Waals surface area contributed by atoms with Crippen LogP contribution < -0.4 is 0 Å². The van der Waals surface area contributed by atoms with Crippen LogP contribution in [0.5, 0.6) is 0 Å². The van der Waals surface area contributed by atoms with Gasteiger partial charge in [-0.15, -0.1) is 0 Å². The molecule has 0 aliphatic rings. The molecule has 2 heterocycles. The first-order valence-electron chi connectivity index (χ1n) is 4.89. The minimum atomic E-state index is -1.05. The van der Waals surface area contributed by atoms with Gasteiger partial charge in [-0.1, -0.05) is 6.07 Å². The zero-order chi connectivity index (χ0) is 11.5. The Labute approximate surface area is 92.6 Å². The summed E-state index contributed by atoms with van der Waals surface area (Å²) >= 11 is 0. The second-order valence-electron chi connectivity index (χ2n) is 3.51. The van der Waals surface area contributed by atoms with Crippen LogP contribution in [0.25, 0.3) is 0 Å². The van der Waals surface area contributed by atoms with E-state index in [4.69, 9.17) is 0 Å². The lowest BCUT2D eigenvalue weighted by Gasteiger charge is -2.12. The second kappa shape index (κ2) is 4.37. The van der Waals surface area contributed by atoms with Gasteiger partial charge in [-0.25, -0.2) is 4.39 Å². The highest BCUT2D eigenvalue weighted by Gasteiger charge is 2.17. The summed E-state index contributed by atoms with van der Waals surface area (Å²) in [6, 6.07) is 5.05. The van der Waals surface area contributed by atoms with E-state index in [-0.39, 0.29) is 5.56 Å². The Bertz CT molecular complexity index is 456. The van der Waals surface area contributed by atoms with Crippen molar-refractivity contribution in [2.45, 2.75) is 13.0 Å². The van der Waals surface area contributed by atoms with E-state index in [0.717, 1.165) is 11.8 Å². The van der Waals surface area contributed by atoms with Gasteiger partial charge in [0.15, 0.2) is 0 Å². The van der Waals surface area contributed by atoms with Gasteiger partial charge in [0.25, 0.3) is 0 Å². The number of halogens is 1. The molecule has 82 valence electrons. The number of aliphatic hydroxyl groups is 1. The molecule has 0 saturated heterocycles. The van der Waals surface area contributed by atoms with Crippen LogP contribution in [0.3, 0.4) is 0 Å². The van der Waals surface area contributed by atoms with E-state index in [1.165, 1.54) is 12.3 Å². The Kier molecular flexibility index (Phi) is 2.92. The summed E-state index contributed by atoms with van der Waals surface area (Å²) in [5.74, 6) is -0.528. The summed E-state index contributed by atoms with van der Waals surface area (Å²) < 4.78 is 13.4. The predicted molar refractivity (Wildman–Crippen MR) is 57.2 cm³/mol. The molecular formula is C12H11FN2O. The molecule has 2 aromatic rings. The van der Waals surface area contributed by atoms with Crippen LogP contribution in [0, 0.1) is 12.7 Å². The van der Waals surface area contributed by atoms with Crippen LogP contribution >= 0.6 is 0 Å². The molecule has 0 aliphatic heterocycles. The molecule has 1 unspecified atom stereocenters. The van der Waals surface area contributed by atoms with Crippen molar-refractivity contribution in [3.63, 3.8) is 0 Å². The van der Waals surface area contributed by atoms with Gasteiger partial charge in [-0.05, 0) is 24.6 Å². The van der Waals surface area contributed by atoms with Crippen LogP contribution in [0.1, 0.15) is 22.9 Å². The number of aliphatic hydroxyl groups excluding tert-OH is 1. The molecule has 0 bridgehead atoms. The Balaban J connectivity index is 2.44. The van der Waals surface area contributed by atoms with Gasteiger partial charge in [0.05, 0.1) is 11.9 Å². The standard InChI is InChI=1S/C12H11FN2O/c1-8-3-2-5-15-11(8)12(16)9-4-6-14-7-10(9)13/h2-7,12,16H,1H3. The minimum Gasteiger partial charge on any atom is -0.382 e. The van der Waals surface area contributed by atoms with E-state index in [1.54, 1.807) is 12.3 Å². The summed E-state index contributed by atoms with van der Waals surface area (Å²) in [7, 11) is 0. The maximum Gasteiger partial charge on any atom is 0.147 e. The van der Waals surface area contributed by atoms with Gasteiger partial charge in [0.1, 0.15) is 11.9 Å². The molecule has 2 rings (SSSR count). The molecule has 4 heteroatoms. The lowest BCUT2D eigenvalue weighted by molar-refractivity contribution is 0.209. The van der Waals surface area contributed by atoms with Gasteiger partial charge in [-0.3, -0.25) is 9.97 Å². The van der Waals surface area contributed by atoms with Gasteiger partial charge < -0.3 is 5.11 Å². The molecule has 1 atom stereocenters. The van der Waals surface area contributed by atoms with Gasteiger partial charge in [0, 0.05) is 18.0 Å². The van der Waals surface area contributed by atoms with Crippen molar-refractivity contribution < 1.29 is 9.50 Å². The summed E-state index contributed by atoms with van der Waals surface area (Å²) in [6.07, 6.45) is 3.05. The topological polar surface area (TPSA) is 46.0 Å². The second-order valence-corrected chi connectivity index (χ2v) is 3.51. The highest BCUT2D eigenvalue weighted by atomic mass is 19.1. The van der Waals surface area contributed by atoms with Crippen molar-refractivity contribution in [1.82, 2.24) is 9.97 Å². The van der Waals surface area contributed by atoms with Crippen molar-refractivity contribution in [2.75, 3.05) is 0 Å². The molecule has 0 fully saturated rings. The zero-order valence-corrected chi connectivity index (χ0v) is 8.76. The van der Waals surface area contributed by atoms with E-state index in [2.05, 4.69) is 9.97 Å². The first-order valence-corrected chi connectivity index (χ1v) is 4.89. The minimum absolute atomic E-state index is 0.191. The van der Waals surface area contributed by atoms with Crippen LogP contribution in [0.15, 0.2) is 36.8 Å². The Morgan fingerprint density at radius 1 is 1.31 bits per heavy atom. The number of nitrogens with zero attached hydrogens (tertiary/aromatic N) is 2. The molecule has 2 aromatic heterocycles. The molecule has 0 amide bonds. The molecular weight excluding hydrogens is 207 g/mol. The lowest BCUT2D eigenvalue weighted by atomic mass is 10.0. The number of hydrogen-bond acceptors (Lipinski definition) is 3. The van der Waals surface area contributed by atoms with Crippen LogP contribution in [-0.2, 0) is 0 Å². The third-order valence-corrected chi connectivity index (χ3v) is 2.41. The van der Waals surface area contributed by atoms with Crippen LogP contribution in [0.2, 0.25) is 0 Å². The zero-order valence-electron chi connectivity index (χ0n) is 8.76. The average molecular weight is 218 g/mol. The van der Waals surface area contributed by atoms with Crippen LogP contribution in [-0.4, -0.2) is 15.1 Å². The summed E-state index contributed by atoms with van der Waals surface area (Å²) in [6.45, 7) is 1.82. The van der Waals surface area contributed by atoms with Crippen molar-refractivity contribution in [3.05, 3.63) is 59.4 Å². The number of rotatable bonds is 2. The van der Waals surface area contributed by atoms with Gasteiger partial charge in [-0.2, -0.15) is 0 Å². The normalized spacial score (nSPS) is 12.4. The van der Waals surface area contributed by atoms with Gasteiger partial charge in [0.2, 0.25) is 0 Å². The number of aryl methyl sites for hydroxylation is 1. The van der Waals surface area contributed by atoms with E-state index >= 15 is 0 Å². The fraction of sp³-hybridized carbons (Fsp3) is 0.167.